The number of anilines is 3. The van der Waals surface area contributed by atoms with E-state index in [0.29, 0.717) is 0 Å². The van der Waals surface area contributed by atoms with Gasteiger partial charge in [-0.25, -0.2) is 0 Å². The Hall–Kier alpha value is -6.16. The molecule has 10 rings (SSSR count). The van der Waals surface area contributed by atoms with Gasteiger partial charge in [-0.05, 0) is 59.0 Å². The van der Waals surface area contributed by atoms with Crippen LogP contribution in [-0.4, -0.2) is 0 Å². The third-order valence-electron chi connectivity index (χ3n) is 9.67. The Morgan fingerprint density at radius 2 is 1.04 bits per heavy atom. The molecule has 49 heavy (non-hydrogen) atoms. The summed E-state index contributed by atoms with van der Waals surface area (Å²) in [6.45, 7) is 0. The highest BCUT2D eigenvalue weighted by Crippen LogP contribution is 2.49. The molecule has 0 aliphatic carbocycles. The van der Waals surface area contributed by atoms with Crippen LogP contribution in [0.3, 0.4) is 0 Å². The molecule has 2 aromatic heterocycles. The van der Waals surface area contributed by atoms with Crippen LogP contribution in [0.5, 0.6) is 0 Å². The molecule has 0 saturated heterocycles. The van der Waals surface area contributed by atoms with Crippen molar-refractivity contribution in [3.8, 4) is 22.3 Å². The maximum Gasteiger partial charge on any atom is 0.143 e. The molecule has 0 amide bonds. The summed E-state index contributed by atoms with van der Waals surface area (Å²) in [6.07, 6.45) is 0. The van der Waals surface area contributed by atoms with E-state index >= 15 is 0 Å². The molecule has 3 heteroatoms. The molecule has 0 saturated carbocycles. The van der Waals surface area contributed by atoms with Crippen LogP contribution in [0, 0.1) is 0 Å². The summed E-state index contributed by atoms with van der Waals surface area (Å²) in [4.78, 5) is 2.44. The van der Waals surface area contributed by atoms with E-state index in [1.54, 1.807) is 0 Å². The van der Waals surface area contributed by atoms with E-state index in [9.17, 15) is 0 Å². The van der Waals surface area contributed by atoms with Gasteiger partial charge in [-0.15, -0.1) is 11.3 Å². The second-order valence-corrected chi connectivity index (χ2v) is 13.5. The molecule has 0 bridgehead atoms. The molecular formula is C46H29NOS. The number of hydrogen-bond acceptors (Lipinski definition) is 3. The van der Waals surface area contributed by atoms with Crippen LogP contribution in [0.15, 0.2) is 180 Å². The summed E-state index contributed by atoms with van der Waals surface area (Å²) in [7, 11) is 0. The van der Waals surface area contributed by atoms with Crippen molar-refractivity contribution >= 4 is 81.3 Å². The fraction of sp³-hybridized carbons (Fsp3) is 0. The molecule has 8 aromatic carbocycles. The average Bonchev–Trinajstić information content (AvgIpc) is 3.75. The van der Waals surface area contributed by atoms with E-state index < -0.39 is 0 Å². The first kappa shape index (κ1) is 27.9. The first-order valence-corrected chi connectivity index (χ1v) is 17.4. The highest BCUT2D eigenvalue weighted by molar-refractivity contribution is 7.25. The normalized spacial score (nSPS) is 11.7. The summed E-state index contributed by atoms with van der Waals surface area (Å²) in [6, 6.07) is 63.2. The minimum absolute atomic E-state index is 0.871. The van der Waals surface area contributed by atoms with Crippen molar-refractivity contribution in [1.82, 2.24) is 0 Å². The number of furan rings is 1. The molecule has 2 heterocycles. The van der Waals surface area contributed by atoms with Crippen LogP contribution in [0.4, 0.5) is 17.1 Å². The van der Waals surface area contributed by atoms with Crippen molar-refractivity contribution in [2.75, 3.05) is 4.90 Å². The molecule has 0 atom stereocenters. The number of hydrogen-bond donors (Lipinski definition) is 0. The quantitative estimate of drug-likeness (QED) is 0.186. The molecule has 0 aliphatic heterocycles. The lowest BCUT2D eigenvalue weighted by Crippen LogP contribution is -2.12. The standard InChI is InChI=1S/C46H29NOS/c1-2-13-30(14-3-1)33-16-6-9-20-39(33)47(41-22-12-23-42-45(41)38-28-25-31-15-4-5-18-35(31)46(38)48-42)40-21-10-7-17-34(40)32-26-27-37-36-19-8-11-24-43(36)49-44(37)29-32/h1-29H. The van der Waals surface area contributed by atoms with Crippen molar-refractivity contribution in [3.63, 3.8) is 0 Å². The van der Waals surface area contributed by atoms with Crippen molar-refractivity contribution in [2.24, 2.45) is 0 Å². The Bertz CT molecular complexity index is 2840. The van der Waals surface area contributed by atoms with Crippen LogP contribution in [0.2, 0.25) is 0 Å². The molecule has 10 aromatic rings. The van der Waals surface area contributed by atoms with Gasteiger partial charge in [-0.1, -0.05) is 133 Å². The van der Waals surface area contributed by atoms with Crippen LogP contribution < -0.4 is 4.90 Å². The summed E-state index contributed by atoms with van der Waals surface area (Å²) in [5, 5.41) is 7.11. The largest absolute Gasteiger partial charge is 0.455 e. The minimum atomic E-state index is 0.871. The number of benzene rings is 8. The van der Waals surface area contributed by atoms with Gasteiger partial charge in [-0.3, -0.25) is 0 Å². The maximum absolute atomic E-state index is 6.71. The summed E-state index contributed by atoms with van der Waals surface area (Å²) in [5.74, 6) is 0. The van der Waals surface area contributed by atoms with Crippen molar-refractivity contribution in [2.45, 2.75) is 0 Å². The van der Waals surface area contributed by atoms with Crippen molar-refractivity contribution < 1.29 is 4.42 Å². The molecule has 0 unspecified atom stereocenters. The fourth-order valence-electron chi connectivity index (χ4n) is 7.45. The van der Waals surface area contributed by atoms with E-state index in [0.717, 1.165) is 50.0 Å². The zero-order valence-electron chi connectivity index (χ0n) is 26.5. The van der Waals surface area contributed by atoms with Gasteiger partial charge in [0.15, 0.2) is 0 Å². The summed E-state index contributed by atoms with van der Waals surface area (Å²) in [5.41, 5.74) is 9.75. The first-order valence-electron chi connectivity index (χ1n) is 16.6. The number of rotatable bonds is 5. The van der Waals surface area contributed by atoms with E-state index in [1.165, 1.54) is 42.2 Å². The predicted molar refractivity (Wildman–Crippen MR) is 210 cm³/mol. The molecule has 230 valence electrons. The molecular weight excluding hydrogens is 615 g/mol. The van der Waals surface area contributed by atoms with Gasteiger partial charge in [0.1, 0.15) is 11.2 Å². The van der Waals surface area contributed by atoms with Crippen LogP contribution in [0.25, 0.3) is 75.1 Å². The van der Waals surface area contributed by atoms with Crippen molar-refractivity contribution in [1.29, 1.82) is 0 Å². The predicted octanol–water partition coefficient (Wildman–Crippen LogP) is 13.9. The number of para-hydroxylation sites is 2. The lowest BCUT2D eigenvalue weighted by molar-refractivity contribution is 0.672. The molecule has 0 aliphatic rings. The van der Waals surface area contributed by atoms with Crippen LogP contribution in [-0.2, 0) is 0 Å². The highest BCUT2D eigenvalue weighted by atomic mass is 32.1. The van der Waals surface area contributed by atoms with E-state index in [1.807, 2.05) is 11.3 Å². The van der Waals surface area contributed by atoms with Gasteiger partial charge >= 0.3 is 0 Å². The van der Waals surface area contributed by atoms with E-state index in [2.05, 4.69) is 181 Å². The molecule has 0 N–H and O–H groups in total. The number of thiophene rings is 1. The van der Waals surface area contributed by atoms with E-state index in [-0.39, 0.29) is 0 Å². The molecule has 0 radical (unpaired) electrons. The maximum atomic E-state index is 6.71. The second-order valence-electron chi connectivity index (χ2n) is 12.5. The third-order valence-corrected chi connectivity index (χ3v) is 10.8. The monoisotopic (exact) mass is 643 g/mol. The Kier molecular flexibility index (Phi) is 6.39. The van der Waals surface area contributed by atoms with Gasteiger partial charge in [0.05, 0.1) is 22.4 Å². The average molecular weight is 644 g/mol. The van der Waals surface area contributed by atoms with Crippen LogP contribution in [0.1, 0.15) is 0 Å². The molecule has 2 nitrogen and oxygen atoms in total. The Balaban J connectivity index is 1.27. The fourth-order valence-corrected chi connectivity index (χ4v) is 8.59. The van der Waals surface area contributed by atoms with Crippen molar-refractivity contribution in [3.05, 3.63) is 176 Å². The van der Waals surface area contributed by atoms with Gasteiger partial charge in [0.2, 0.25) is 0 Å². The molecule has 0 spiro atoms. The zero-order valence-corrected chi connectivity index (χ0v) is 27.3. The SMILES string of the molecule is c1ccc(-c2ccccc2N(c2ccccc2-c2ccc3c(c2)sc2ccccc23)c2cccc3oc4c5ccccc5ccc4c23)cc1. The first-order chi connectivity index (χ1) is 24.3. The summed E-state index contributed by atoms with van der Waals surface area (Å²) < 4.78 is 9.31. The highest BCUT2D eigenvalue weighted by Gasteiger charge is 2.24. The van der Waals surface area contributed by atoms with Crippen LogP contribution >= 0.6 is 11.3 Å². The smallest absolute Gasteiger partial charge is 0.143 e. The lowest BCUT2D eigenvalue weighted by Gasteiger charge is -2.30. The topological polar surface area (TPSA) is 16.4 Å². The van der Waals surface area contributed by atoms with Gasteiger partial charge in [0, 0.05) is 42.1 Å². The number of nitrogens with zero attached hydrogens (tertiary/aromatic N) is 1. The minimum Gasteiger partial charge on any atom is -0.455 e. The van der Waals surface area contributed by atoms with E-state index in [4.69, 9.17) is 4.42 Å². The second kappa shape index (κ2) is 11.2. The zero-order chi connectivity index (χ0) is 32.3. The molecule has 0 fully saturated rings. The lowest BCUT2D eigenvalue weighted by atomic mass is 9.97. The Morgan fingerprint density at radius 3 is 1.88 bits per heavy atom. The van der Waals surface area contributed by atoms with Gasteiger partial charge < -0.3 is 9.32 Å². The number of fused-ring (bicyclic) bond motifs is 8. The third kappa shape index (κ3) is 4.47. The Morgan fingerprint density at radius 1 is 0.408 bits per heavy atom. The summed E-state index contributed by atoms with van der Waals surface area (Å²) >= 11 is 1.86. The van der Waals surface area contributed by atoms with Gasteiger partial charge in [0.25, 0.3) is 0 Å². The Labute approximate surface area is 287 Å². The van der Waals surface area contributed by atoms with Gasteiger partial charge in [-0.2, -0.15) is 0 Å².